The molecule has 0 aliphatic carbocycles. The van der Waals surface area contributed by atoms with Crippen LogP contribution >= 0.6 is 15.9 Å². The molecule has 1 N–H and O–H groups in total. The van der Waals surface area contributed by atoms with E-state index in [9.17, 15) is 9.59 Å². The lowest BCUT2D eigenvalue weighted by Crippen LogP contribution is -2.15. The lowest BCUT2D eigenvalue weighted by atomic mass is 10.1. The van der Waals surface area contributed by atoms with Gasteiger partial charge in [0.25, 0.3) is 5.78 Å². The summed E-state index contributed by atoms with van der Waals surface area (Å²) >= 11 is 3.20. The largest absolute Gasteiger partial charge is 0.496 e. The van der Waals surface area contributed by atoms with Gasteiger partial charge in [-0.25, -0.2) is 4.79 Å². The van der Waals surface area contributed by atoms with E-state index in [0.29, 0.717) is 4.47 Å². The molecule has 0 aliphatic rings. The Morgan fingerprint density at radius 3 is 1.94 bits per heavy atom. The van der Waals surface area contributed by atoms with E-state index in [1.54, 1.807) is 0 Å². The molecule has 1 aromatic carbocycles. The summed E-state index contributed by atoms with van der Waals surface area (Å²) in [5.74, 6) is -2.32. The lowest BCUT2D eigenvalue weighted by molar-refractivity contribution is -0.131. The van der Waals surface area contributed by atoms with Crippen LogP contribution in [0, 0.1) is 0 Å². The fraction of sp³-hybridized carbons (Fsp3) is 0.200. The van der Waals surface area contributed by atoms with Crippen molar-refractivity contribution in [2.24, 2.45) is 0 Å². The maximum atomic E-state index is 11.4. The Kier molecular flexibility index (Phi) is 3.89. The summed E-state index contributed by atoms with van der Waals surface area (Å²) < 4.78 is 10.5. The minimum atomic E-state index is -1.56. The molecule has 1 rings (SSSR count). The van der Waals surface area contributed by atoms with Crippen molar-refractivity contribution in [3.05, 3.63) is 22.2 Å². The smallest absolute Gasteiger partial charge is 0.377 e. The Bertz CT molecular complexity index is 416. The van der Waals surface area contributed by atoms with Crippen LogP contribution in [0.1, 0.15) is 10.4 Å². The first-order valence-corrected chi connectivity index (χ1v) is 4.99. The first-order chi connectivity index (χ1) is 7.51. The van der Waals surface area contributed by atoms with Gasteiger partial charge in [-0.2, -0.15) is 0 Å². The van der Waals surface area contributed by atoms with Gasteiger partial charge in [0, 0.05) is 4.47 Å². The number of carbonyl (C=O) groups is 2. The molecule has 1 aromatic rings. The van der Waals surface area contributed by atoms with E-state index in [1.165, 1.54) is 26.4 Å². The molecule has 0 radical (unpaired) electrons. The minimum Gasteiger partial charge on any atom is -0.496 e. The van der Waals surface area contributed by atoms with Crippen LogP contribution in [0.2, 0.25) is 0 Å². The van der Waals surface area contributed by atoms with Crippen molar-refractivity contribution in [1.82, 2.24) is 0 Å². The van der Waals surface area contributed by atoms with E-state index < -0.39 is 11.8 Å². The number of carbonyl (C=O) groups excluding carboxylic acids is 1. The normalized spacial score (nSPS) is 9.69. The monoisotopic (exact) mass is 288 g/mol. The van der Waals surface area contributed by atoms with Gasteiger partial charge in [0.1, 0.15) is 17.1 Å². The summed E-state index contributed by atoms with van der Waals surface area (Å²) in [4.78, 5) is 22.1. The van der Waals surface area contributed by atoms with Crippen molar-refractivity contribution in [1.29, 1.82) is 0 Å². The number of methoxy groups -OCH3 is 2. The molecule has 86 valence electrons. The molecule has 0 aliphatic heterocycles. The van der Waals surface area contributed by atoms with E-state index in [2.05, 4.69) is 15.9 Å². The zero-order valence-electron chi connectivity index (χ0n) is 8.61. The van der Waals surface area contributed by atoms with Crippen molar-refractivity contribution in [2.75, 3.05) is 14.2 Å². The number of aliphatic carboxylic acids is 1. The predicted octanol–water partition coefficient (Wildman–Crippen LogP) is 1.73. The number of rotatable bonds is 4. The number of carboxylic acid groups (broad SMARTS) is 1. The van der Waals surface area contributed by atoms with Gasteiger partial charge in [0.15, 0.2) is 0 Å². The third-order valence-corrected chi connectivity index (χ3v) is 2.35. The summed E-state index contributed by atoms with van der Waals surface area (Å²) in [6, 6.07) is 3.00. The molecule has 0 unspecified atom stereocenters. The molecule has 0 saturated heterocycles. The van der Waals surface area contributed by atoms with E-state index in [4.69, 9.17) is 14.6 Å². The number of ketones is 1. The van der Waals surface area contributed by atoms with Gasteiger partial charge in [0.2, 0.25) is 0 Å². The van der Waals surface area contributed by atoms with Crippen LogP contribution < -0.4 is 9.47 Å². The van der Waals surface area contributed by atoms with Crippen molar-refractivity contribution >= 4 is 27.7 Å². The number of Topliss-reactive ketones (excluding diaryl/α,β-unsaturated/α-hetero) is 1. The average molecular weight is 289 g/mol. The topological polar surface area (TPSA) is 72.8 Å². The molecule has 5 nitrogen and oxygen atoms in total. The summed E-state index contributed by atoms with van der Waals surface area (Å²) in [7, 11) is 2.69. The van der Waals surface area contributed by atoms with Gasteiger partial charge in [-0.3, -0.25) is 4.79 Å². The second-order valence-electron chi connectivity index (χ2n) is 2.82. The fourth-order valence-electron chi connectivity index (χ4n) is 1.21. The first kappa shape index (κ1) is 12.5. The Balaban J connectivity index is 3.44. The predicted molar refractivity (Wildman–Crippen MR) is 59.2 cm³/mol. The number of hydrogen-bond donors (Lipinski definition) is 1. The summed E-state index contributed by atoms with van der Waals surface area (Å²) in [6.07, 6.45) is 0. The molecular formula is C10H9BrO5. The van der Waals surface area contributed by atoms with Crippen molar-refractivity contribution in [3.63, 3.8) is 0 Å². The maximum Gasteiger partial charge on any atom is 0.377 e. The van der Waals surface area contributed by atoms with Gasteiger partial charge in [-0.15, -0.1) is 0 Å². The number of halogens is 1. The average Bonchev–Trinajstić information content (AvgIpc) is 2.26. The van der Waals surface area contributed by atoms with E-state index in [1.807, 2.05) is 0 Å². The van der Waals surface area contributed by atoms with Gasteiger partial charge >= 0.3 is 5.97 Å². The van der Waals surface area contributed by atoms with E-state index in [0.717, 1.165) is 0 Å². The Labute approximate surface area is 100 Å². The van der Waals surface area contributed by atoms with Crippen molar-refractivity contribution in [2.45, 2.75) is 0 Å². The Morgan fingerprint density at radius 1 is 1.19 bits per heavy atom. The van der Waals surface area contributed by atoms with Crippen LogP contribution in [0.5, 0.6) is 11.5 Å². The quantitative estimate of drug-likeness (QED) is 0.675. The van der Waals surface area contributed by atoms with Crippen LogP contribution in [0.15, 0.2) is 16.6 Å². The minimum absolute atomic E-state index is 0.0966. The lowest BCUT2D eigenvalue weighted by Gasteiger charge is -2.11. The highest BCUT2D eigenvalue weighted by Gasteiger charge is 2.24. The van der Waals surface area contributed by atoms with Gasteiger partial charge in [0.05, 0.1) is 14.2 Å². The van der Waals surface area contributed by atoms with E-state index >= 15 is 0 Å². The summed E-state index contributed by atoms with van der Waals surface area (Å²) in [6.45, 7) is 0. The SMILES string of the molecule is COc1cc(Br)cc(OC)c1C(=O)C(=O)O. The second kappa shape index (κ2) is 4.98. The van der Waals surface area contributed by atoms with E-state index in [-0.39, 0.29) is 17.1 Å². The molecule has 0 heterocycles. The highest BCUT2D eigenvalue weighted by atomic mass is 79.9. The maximum absolute atomic E-state index is 11.4. The highest BCUT2D eigenvalue weighted by molar-refractivity contribution is 9.10. The Hall–Kier alpha value is -1.56. The molecule has 6 heteroatoms. The van der Waals surface area contributed by atoms with Crippen molar-refractivity contribution < 1.29 is 24.2 Å². The van der Waals surface area contributed by atoms with Gasteiger partial charge in [-0.1, -0.05) is 15.9 Å². The van der Waals surface area contributed by atoms with Crippen LogP contribution in [-0.2, 0) is 4.79 Å². The molecule has 16 heavy (non-hydrogen) atoms. The molecule has 0 spiro atoms. The van der Waals surface area contributed by atoms with Gasteiger partial charge < -0.3 is 14.6 Å². The molecule has 0 fully saturated rings. The Morgan fingerprint density at radius 2 is 1.62 bits per heavy atom. The van der Waals surface area contributed by atoms with Crippen LogP contribution in [0.3, 0.4) is 0 Å². The third-order valence-electron chi connectivity index (χ3n) is 1.89. The zero-order chi connectivity index (χ0) is 12.3. The van der Waals surface area contributed by atoms with Crippen LogP contribution in [-0.4, -0.2) is 31.1 Å². The number of benzene rings is 1. The molecular weight excluding hydrogens is 280 g/mol. The first-order valence-electron chi connectivity index (χ1n) is 4.20. The summed E-state index contributed by atoms with van der Waals surface area (Å²) in [5, 5.41) is 8.67. The number of carboxylic acids is 1. The van der Waals surface area contributed by atoms with Gasteiger partial charge in [-0.05, 0) is 12.1 Å². The number of hydrogen-bond acceptors (Lipinski definition) is 4. The van der Waals surface area contributed by atoms with Crippen LogP contribution in [0.4, 0.5) is 0 Å². The molecule has 0 amide bonds. The zero-order valence-corrected chi connectivity index (χ0v) is 10.2. The molecule has 0 bridgehead atoms. The second-order valence-corrected chi connectivity index (χ2v) is 3.74. The summed E-state index contributed by atoms with van der Waals surface area (Å²) in [5.41, 5.74) is -0.0966. The number of ether oxygens (including phenoxy) is 2. The third kappa shape index (κ3) is 2.33. The molecule has 0 saturated carbocycles. The van der Waals surface area contributed by atoms with Crippen LogP contribution in [0.25, 0.3) is 0 Å². The molecule has 0 aromatic heterocycles. The standard InChI is InChI=1S/C10H9BrO5/c1-15-6-3-5(11)4-7(16-2)8(6)9(12)10(13)14/h3-4H,1-2H3,(H,13,14). The molecule has 0 atom stereocenters. The fourth-order valence-corrected chi connectivity index (χ4v) is 1.63. The highest BCUT2D eigenvalue weighted by Crippen LogP contribution is 2.33. The van der Waals surface area contributed by atoms with Crippen molar-refractivity contribution in [3.8, 4) is 11.5 Å².